The van der Waals surface area contributed by atoms with Crippen molar-refractivity contribution in [3.8, 4) is 0 Å². The van der Waals surface area contributed by atoms with Gasteiger partial charge in [-0.3, -0.25) is 9.88 Å². The molecule has 1 N–H and O–H groups in total. The van der Waals surface area contributed by atoms with Crippen molar-refractivity contribution in [2.45, 2.75) is 26.1 Å². The topological polar surface area (TPSA) is 39.6 Å². The van der Waals surface area contributed by atoms with E-state index >= 15 is 0 Å². The summed E-state index contributed by atoms with van der Waals surface area (Å²) in [6.07, 6.45) is 5.05. The molecule has 128 valence electrons. The molecular weight excluding hydrogens is 298 g/mol. The highest BCUT2D eigenvalue weighted by molar-refractivity contribution is 5.22. The first-order chi connectivity index (χ1) is 11.7. The number of likely N-dealkylation sites (tertiary alicyclic amines) is 1. The lowest BCUT2D eigenvalue weighted by molar-refractivity contribution is 0.254. The first-order valence-electron chi connectivity index (χ1n) is 8.71. The molecular formula is C20H27N3O. The van der Waals surface area contributed by atoms with Gasteiger partial charge in [-0.1, -0.05) is 30.3 Å². The summed E-state index contributed by atoms with van der Waals surface area (Å²) in [7, 11) is 2.20. The van der Waals surface area contributed by atoms with Crippen LogP contribution in [-0.4, -0.2) is 46.6 Å². The number of nitrogens with zero attached hydrogens (tertiary/aromatic N) is 3. The first-order valence-corrected chi connectivity index (χ1v) is 8.71. The molecule has 3 rings (SSSR count). The Morgan fingerprint density at radius 2 is 1.96 bits per heavy atom. The first kappa shape index (κ1) is 17.1. The van der Waals surface area contributed by atoms with Crippen LogP contribution in [0.15, 0.2) is 48.8 Å². The molecule has 0 aliphatic carbocycles. The predicted molar refractivity (Wildman–Crippen MR) is 96.3 cm³/mol. The highest BCUT2D eigenvalue weighted by Crippen LogP contribution is 2.20. The van der Waals surface area contributed by atoms with Crippen LogP contribution in [0.3, 0.4) is 0 Å². The van der Waals surface area contributed by atoms with Crippen molar-refractivity contribution in [1.82, 2.24) is 14.8 Å². The molecule has 0 radical (unpaired) electrons. The molecule has 0 unspecified atom stereocenters. The van der Waals surface area contributed by atoms with Gasteiger partial charge in [0.2, 0.25) is 0 Å². The van der Waals surface area contributed by atoms with Crippen LogP contribution in [0.4, 0.5) is 0 Å². The van der Waals surface area contributed by atoms with E-state index in [0.717, 1.165) is 31.1 Å². The Bertz CT molecular complexity index is 615. The summed E-state index contributed by atoms with van der Waals surface area (Å²) in [6.45, 7) is 5.57. The molecule has 0 bridgehead atoms. The van der Waals surface area contributed by atoms with Crippen LogP contribution in [0.1, 0.15) is 23.1 Å². The number of pyridine rings is 1. The molecule has 0 amide bonds. The number of aliphatic hydroxyl groups excluding tert-OH is 1. The van der Waals surface area contributed by atoms with Crippen molar-refractivity contribution in [3.63, 3.8) is 0 Å². The van der Waals surface area contributed by atoms with Crippen LogP contribution in [0, 0.1) is 5.92 Å². The Hall–Kier alpha value is -1.75. The second-order valence-corrected chi connectivity index (χ2v) is 6.92. The van der Waals surface area contributed by atoms with E-state index in [1.807, 2.05) is 30.6 Å². The van der Waals surface area contributed by atoms with Crippen LogP contribution in [-0.2, 0) is 19.7 Å². The molecule has 24 heavy (non-hydrogen) atoms. The van der Waals surface area contributed by atoms with Gasteiger partial charge in [-0.05, 0) is 48.7 Å². The fourth-order valence-electron chi connectivity index (χ4n) is 3.52. The smallest absolute Gasteiger partial charge is 0.0681 e. The monoisotopic (exact) mass is 325 g/mol. The van der Waals surface area contributed by atoms with E-state index in [1.54, 1.807) is 0 Å². The zero-order valence-electron chi connectivity index (χ0n) is 14.4. The SMILES string of the molecule is CN(Cc1cccnc1)C[C@H]1CCN(Cc2ccc(CO)cc2)C1. The molecule has 4 heteroatoms. The highest BCUT2D eigenvalue weighted by atomic mass is 16.3. The van der Waals surface area contributed by atoms with E-state index < -0.39 is 0 Å². The molecule has 1 saturated heterocycles. The third-order valence-electron chi connectivity index (χ3n) is 4.73. The van der Waals surface area contributed by atoms with Gasteiger partial charge in [0.05, 0.1) is 6.61 Å². The summed E-state index contributed by atoms with van der Waals surface area (Å²) in [5.41, 5.74) is 3.59. The van der Waals surface area contributed by atoms with Gasteiger partial charge in [-0.15, -0.1) is 0 Å². The summed E-state index contributed by atoms with van der Waals surface area (Å²) in [5.74, 6) is 0.739. The molecule has 1 atom stereocenters. The Morgan fingerprint density at radius 1 is 1.17 bits per heavy atom. The Labute approximate surface area is 144 Å². The number of aliphatic hydroxyl groups is 1. The molecule has 4 nitrogen and oxygen atoms in total. The molecule has 1 aliphatic heterocycles. The molecule has 1 aromatic carbocycles. The quantitative estimate of drug-likeness (QED) is 0.849. The summed E-state index contributed by atoms with van der Waals surface area (Å²) < 4.78 is 0. The minimum absolute atomic E-state index is 0.120. The van der Waals surface area contributed by atoms with Gasteiger partial charge in [0.25, 0.3) is 0 Å². The second-order valence-electron chi connectivity index (χ2n) is 6.92. The third kappa shape index (κ3) is 4.87. The largest absolute Gasteiger partial charge is 0.392 e. The van der Waals surface area contributed by atoms with Crippen LogP contribution >= 0.6 is 0 Å². The van der Waals surface area contributed by atoms with Gasteiger partial charge < -0.3 is 10.0 Å². The zero-order valence-corrected chi connectivity index (χ0v) is 14.4. The van der Waals surface area contributed by atoms with Gasteiger partial charge in [-0.25, -0.2) is 0 Å². The van der Waals surface area contributed by atoms with E-state index in [4.69, 9.17) is 5.11 Å². The molecule has 2 aromatic rings. The standard InChI is InChI=1S/C20H27N3O/c1-22(12-19-3-2-9-21-11-19)13-20-8-10-23(15-20)14-17-4-6-18(16-24)7-5-17/h2-7,9,11,20,24H,8,10,12-16H2,1H3/t20-/m1/s1. The minimum atomic E-state index is 0.120. The predicted octanol–water partition coefficient (Wildman–Crippen LogP) is 2.53. The van der Waals surface area contributed by atoms with Crippen LogP contribution in [0.25, 0.3) is 0 Å². The summed E-state index contributed by atoms with van der Waals surface area (Å²) in [5, 5.41) is 9.12. The van der Waals surface area contributed by atoms with Crippen molar-refractivity contribution in [3.05, 3.63) is 65.5 Å². The Balaban J connectivity index is 1.44. The maximum Gasteiger partial charge on any atom is 0.0681 e. The van der Waals surface area contributed by atoms with Gasteiger partial charge in [0.1, 0.15) is 0 Å². The van der Waals surface area contributed by atoms with Crippen LogP contribution in [0.2, 0.25) is 0 Å². The van der Waals surface area contributed by atoms with Gasteiger partial charge in [0, 0.05) is 38.6 Å². The van der Waals surface area contributed by atoms with E-state index in [1.165, 1.54) is 30.6 Å². The van der Waals surface area contributed by atoms with Gasteiger partial charge >= 0.3 is 0 Å². The fraction of sp³-hybridized carbons (Fsp3) is 0.450. The van der Waals surface area contributed by atoms with E-state index in [2.05, 4.69) is 40.0 Å². The molecule has 2 heterocycles. The molecule has 1 aliphatic rings. The van der Waals surface area contributed by atoms with Crippen molar-refractivity contribution in [1.29, 1.82) is 0 Å². The van der Waals surface area contributed by atoms with Crippen molar-refractivity contribution in [2.24, 2.45) is 5.92 Å². The van der Waals surface area contributed by atoms with Crippen LogP contribution < -0.4 is 0 Å². The maximum atomic E-state index is 9.12. The number of hydrogen-bond acceptors (Lipinski definition) is 4. The van der Waals surface area contributed by atoms with E-state index in [9.17, 15) is 0 Å². The average Bonchev–Trinajstić information content (AvgIpc) is 3.03. The number of benzene rings is 1. The number of hydrogen-bond donors (Lipinski definition) is 1. The van der Waals surface area contributed by atoms with E-state index in [0.29, 0.717) is 0 Å². The normalized spacial score (nSPS) is 18.4. The fourth-order valence-corrected chi connectivity index (χ4v) is 3.52. The van der Waals surface area contributed by atoms with Gasteiger partial charge in [0.15, 0.2) is 0 Å². The van der Waals surface area contributed by atoms with Crippen molar-refractivity contribution in [2.75, 3.05) is 26.7 Å². The maximum absolute atomic E-state index is 9.12. The lowest BCUT2D eigenvalue weighted by Crippen LogP contribution is -2.28. The molecule has 0 spiro atoms. The van der Waals surface area contributed by atoms with Crippen molar-refractivity contribution < 1.29 is 5.11 Å². The highest BCUT2D eigenvalue weighted by Gasteiger charge is 2.23. The lowest BCUT2D eigenvalue weighted by atomic mass is 10.1. The van der Waals surface area contributed by atoms with Gasteiger partial charge in [-0.2, -0.15) is 0 Å². The lowest BCUT2D eigenvalue weighted by Gasteiger charge is -2.21. The minimum Gasteiger partial charge on any atom is -0.392 e. The van der Waals surface area contributed by atoms with E-state index in [-0.39, 0.29) is 6.61 Å². The summed E-state index contributed by atoms with van der Waals surface area (Å²) in [6, 6.07) is 12.4. The molecule has 0 saturated carbocycles. The van der Waals surface area contributed by atoms with Crippen molar-refractivity contribution >= 4 is 0 Å². The number of aromatic nitrogens is 1. The second kappa shape index (κ2) is 8.38. The zero-order chi connectivity index (χ0) is 16.8. The third-order valence-corrected chi connectivity index (χ3v) is 4.73. The average molecular weight is 325 g/mol. The van der Waals surface area contributed by atoms with Crippen LogP contribution in [0.5, 0.6) is 0 Å². The molecule has 1 aromatic heterocycles. The summed E-state index contributed by atoms with van der Waals surface area (Å²) in [4.78, 5) is 9.13. The molecule has 1 fully saturated rings. The Kier molecular flexibility index (Phi) is 5.96. The number of rotatable bonds is 7. The Morgan fingerprint density at radius 3 is 2.67 bits per heavy atom. The summed E-state index contributed by atoms with van der Waals surface area (Å²) >= 11 is 0.